The van der Waals surface area contributed by atoms with E-state index in [9.17, 15) is 4.79 Å². The minimum atomic E-state index is -0.679. The van der Waals surface area contributed by atoms with Crippen molar-refractivity contribution in [3.63, 3.8) is 0 Å². The number of fused-ring (bicyclic) bond motifs is 1. The first kappa shape index (κ1) is 13.4. The summed E-state index contributed by atoms with van der Waals surface area (Å²) in [6.07, 6.45) is 3.61. The Morgan fingerprint density at radius 3 is 3.05 bits per heavy atom. The third-order valence-corrected chi connectivity index (χ3v) is 4.24. The van der Waals surface area contributed by atoms with Crippen LogP contribution in [0.15, 0.2) is 24.3 Å². The lowest BCUT2D eigenvalue weighted by Gasteiger charge is -2.33. The molecular weight excluding hydrogens is 254 g/mol. The van der Waals surface area contributed by atoms with Gasteiger partial charge in [0.15, 0.2) is 0 Å². The molecule has 2 unspecified atom stereocenters. The second-order valence-corrected chi connectivity index (χ2v) is 5.92. The van der Waals surface area contributed by atoms with E-state index in [1.165, 1.54) is 5.56 Å². The van der Waals surface area contributed by atoms with Crippen LogP contribution < -0.4 is 4.74 Å². The summed E-state index contributed by atoms with van der Waals surface area (Å²) < 4.78 is 5.97. The van der Waals surface area contributed by atoms with E-state index in [-0.39, 0.29) is 6.10 Å². The van der Waals surface area contributed by atoms with Crippen molar-refractivity contribution in [2.24, 2.45) is 5.92 Å². The molecule has 108 valence electrons. The number of nitrogens with zero attached hydrogens (tertiary/aromatic N) is 1. The lowest BCUT2D eigenvalue weighted by molar-refractivity contribution is -0.138. The van der Waals surface area contributed by atoms with Crippen LogP contribution in [0.1, 0.15) is 24.8 Å². The Balaban J connectivity index is 1.53. The molecular formula is C16H21NO3. The van der Waals surface area contributed by atoms with Crippen LogP contribution in [0.25, 0.3) is 0 Å². The molecule has 0 amide bonds. The first-order valence-corrected chi connectivity index (χ1v) is 7.39. The molecule has 4 nitrogen and oxygen atoms in total. The molecule has 2 aliphatic rings. The van der Waals surface area contributed by atoms with Crippen molar-refractivity contribution in [2.45, 2.75) is 31.8 Å². The minimum Gasteiger partial charge on any atom is -0.488 e. The van der Waals surface area contributed by atoms with Gasteiger partial charge in [0.05, 0.1) is 0 Å². The Labute approximate surface area is 119 Å². The molecule has 2 heterocycles. The third-order valence-electron chi connectivity index (χ3n) is 4.24. The van der Waals surface area contributed by atoms with Gasteiger partial charge in [-0.25, -0.2) is 0 Å². The van der Waals surface area contributed by atoms with Crippen LogP contribution in [-0.4, -0.2) is 41.7 Å². The Kier molecular flexibility index (Phi) is 3.92. The predicted octanol–water partition coefficient (Wildman–Crippen LogP) is 2.18. The molecule has 1 saturated heterocycles. The molecule has 0 radical (unpaired) electrons. The van der Waals surface area contributed by atoms with Crippen LogP contribution in [0.3, 0.4) is 0 Å². The van der Waals surface area contributed by atoms with Crippen molar-refractivity contribution in [1.82, 2.24) is 4.90 Å². The fourth-order valence-corrected chi connectivity index (χ4v) is 3.37. The van der Waals surface area contributed by atoms with Crippen LogP contribution in [0.2, 0.25) is 0 Å². The van der Waals surface area contributed by atoms with Crippen molar-refractivity contribution in [3.8, 4) is 5.75 Å². The predicted molar refractivity (Wildman–Crippen MR) is 76.0 cm³/mol. The van der Waals surface area contributed by atoms with E-state index in [1.807, 2.05) is 18.2 Å². The van der Waals surface area contributed by atoms with Gasteiger partial charge in [0.1, 0.15) is 11.9 Å². The van der Waals surface area contributed by atoms with Crippen LogP contribution >= 0.6 is 0 Å². The summed E-state index contributed by atoms with van der Waals surface area (Å²) in [4.78, 5) is 13.2. The molecule has 2 atom stereocenters. The van der Waals surface area contributed by atoms with E-state index in [0.717, 1.165) is 44.6 Å². The van der Waals surface area contributed by atoms with Gasteiger partial charge in [0.25, 0.3) is 0 Å². The maximum atomic E-state index is 10.8. The van der Waals surface area contributed by atoms with Crippen molar-refractivity contribution in [2.75, 3.05) is 19.6 Å². The zero-order valence-corrected chi connectivity index (χ0v) is 11.6. The summed E-state index contributed by atoms with van der Waals surface area (Å²) in [6, 6.07) is 8.21. The fraction of sp³-hybridized carbons (Fsp3) is 0.562. The number of para-hydroxylation sites is 1. The average molecular weight is 275 g/mol. The number of rotatable bonds is 4. The second-order valence-electron chi connectivity index (χ2n) is 5.92. The van der Waals surface area contributed by atoms with Gasteiger partial charge in [-0.3, -0.25) is 9.69 Å². The molecule has 3 rings (SSSR count). The normalized spacial score (nSPS) is 26.0. The number of benzene rings is 1. The molecule has 1 N–H and O–H groups in total. The molecule has 0 bridgehead atoms. The van der Waals surface area contributed by atoms with E-state index in [4.69, 9.17) is 9.84 Å². The zero-order valence-electron chi connectivity index (χ0n) is 11.6. The smallest absolute Gasteiger partial charge is 0.303 e. The lowest BCUT2D eigenvalue weighted by Crippen LogP contribution is -2.41. The van der Waals surface area contributed by atoms with Crippen molar-refractivity contribution in [1.29, 1.82) is 0 Å². The fourth-order valence-electron chi connectivity index (χ4n) is 3.37. The first-order valence-electron chi connectivity index (χ1n) is 7.39. The lowest BCUT2D eigenvalue weighted by atomic mass is 9.94. The Morgan fingerprint density at radius 1 is 1.40 bits per heavy atom. The van der Waals surface area contributed by atoms with E-state index in [2.05, 4.69) is 11.0 Å². The number of carboxylic acids is 1. The first-order chi connectivity index (χ1) is 9.70. The van der Waals surface area contributed by atoms with Gasteiger partial charge in [0.2, 0.25) is 0 Å². The van der Waals surface area contributed by atoms with E-state index in [1.54, 1.807) is 0 Å². The summed E-state index contributed by atoms with van der Waals surface area (Å²) in [5.74, 6) is 0.628. The summed E-state index contributed by atoms with van der Waals surface area (Å²) in [5, 5.41) is 8.91. The van der Waals surface area contributed by atoms with Gasteiger partial charge < -0.3 is 9.84 Å². The topological polar surface area (TPSA) is 49.8 Å². The molecule has 1 fully saturated rings. The van der Waals surface area contributed by atoms with Crippen LogP contribution in [-0.2, 0) is 11.2 Å². The van der Waals surface area contributed by atoms with E-state index >= 15 is 0 Å². The van der Waals surface area contributed by atoms with Gasteiger partial charge in [-0.1, -0.05) is 18.2 Å². The molecule has 20 heavy (non-hydrogen) atoms. The Bertz CT molecular complexity index is 463. The Hall–Kier alpha value is -1.55. The highest BCUT2D eigenvalue weighted by Gasteiger charge is 2.28. The largest absolute Gasteiger partial charge is 0.488 e. The quantitative estimate of drug-likeness (QED) is 0.915. The number of hydrogen-bond acceptors (Lipinski definition) is 3. The highest BCUT2D eigenvalue weighted by Crippen LogP contribution is 2.29. The number of ether oxygens (including phenoxy) is 1. The SMILES string of the molecule is O=C(O)CC1CCCN(CC2Cc3ccccc3O2)C1. The van der Waals surface area contributed by atoms with Crippen LogP contribution in [0, 0.1) is 5.92 Å². The summed E-state index contributed by atoms with van der Waals surface area (Å²) in [7, 11) is 0. The minimum absolute atomic E-state index is 0.218. The molecule has 0 aliphatic carbocycles. The zero-order chi connectivity index (χ0) is 13.9. The van der Waals surface area contributed by atoms with Gasteiger partial charge in [0, 0.05) is 25.9 Å². The standard InChI is InChI=1S/C16H21NO3/c18-16(19)8-12-4-3-7-17(10-12)11-14-9-13-5-1-2-6-15(13)20-14/h1-2,5-6,12,14H,3-4,7-11H2,(H,18,19). The van der Waals surface area contributed by atoms with Crippen molar-refractivity contribution >= 4 is 5.97 Å². The highest BCUT2D eigenvalue weighted by atomic mass is 16.5. The number of likely N-dealkylation sites (tertiary alicyclic amines) is 1. The van der Waals surface area contributed by atoms with Crippen LogP contribution in [0.5, 0.6) is 5.75 Å². The summed E-state index contributed by atoms with van der Waals surface area (Å²) >= 11 is 0. The number of carboxylic acid groups (broad SMARTS) is 1. The van der Waals surface area contributed by atoms with E-state index in [0.29, 0.717) is 12.3 Å². The van der Waals surface area contributed by atoms with Crippen molar-refractivity contribution < 1.29 is 14.6 Å². The van der Waals surface area contributed by atoms with Gasteiger partial charge >= 0.3 is 5.97 Å². The number of piperidine rings is 1. The monoisotopic (exact) mass is 275 g/mol. The maximum absolute atomic E-state index is 10.8. The summed E-state index contributed by atoms with van der Waals surface area (Å²) in [5.41, 5.74) is 1.29. The second kappa shape index (κ2) is 5.83. The number of hydrogen-bond donors (Lipinski definition) is 1. The molecule has 1 aromatic carbocycles. The number of carbonyl (C=O) groups is 1. The molecule has 0 saturated carbocycles. The molecule has 1 aromatic rings. The number of aliphatic carboxylic acids is 1. The maximum Gasteiger partial charge on any atom is 0.303 e. The average Bonchev–Trinajstić information content (AvgIpc) is 2.80. The third kappa shape index (κ3) is 3.12. The van der Waals surface area contributed by atoms with Gasteiger partial charge in [-0.15, -0.1) is 0 Å². The van der Waals surface area contributed by atoms with E-state index < -0.39 is 5.97 Å². The van der Waals surface area contributed by atoms with Crippen molar-refractivity contribution in [3.05, 3.63) is 29.8 Å². The Morgan fingerprint density at radius 2 is 2.25 bits per heavy atom. The molecule has 0 spiro atoms. The van der Waals surface area contributed by atoms with Gasteiger partial charge in [-0.2, -0.15) is 0 Å². The summed E-state index contributed by atoms with van der Waals surface area (Å²) in [6.45, 7) is 2.86. The highest BCUT2D eigenvalue weighted by molar-refractivity contribution is 5.67. The van der Waals surface area contributed by atoms with Crippen LogP contribution in [0.4, 0.5) is 0 Å². The van der Waals surface area contributed by atoms with Gasteiger partial charge in [-0.05, 0) is 36.9 Å². The molecule has 2 aliphatic heterocycles. The molecule has 4 heteroatoms. The molecule has 0 aromatic heterocycles.